The fourth-order valence-corrected chi connectivity index (χ4v) is 3.15. The molecule has 1 N–H and O–H groups in total. The molecule has 2 aromatic heterocycles. The molecule has 0 spiro atoms. The lowest BCUT2D eigenvalue weighted by atomic mass is 10.2. The molecule has 0 radical (unpaired) electrons. The molecule has 1 atom stereocenters. The molecular weight excluding hydrogens is 331 g/mol. The number of nitrogens with one attached hydrogen (secondary N) is 1. The average molecular weight is 345 g/mol. The molecule has 0 bridgehead atoms. The number of carbonyl (C=O) groups excluding carboxylic acids is 1. The Morgan fingerprint density at radius 2 is 2.22 bits per heavy atom. The number of aryl methyl sites for hydroxylation is 1. The van der Waals surface area contributed by atoms with Crippen molar-refractivity contribution in [1.29, 1.82) is 0 Å². The number of aromatic nitrogens is 3. The third-order valence-corrected chi connectivity index (χ3v) is 4.57. The van der Waals surface area contributed by atoms with Crippen LogP contribution in [0, 0.1) is 0 Å². The van der Waals surface area contributed by atoms with E-state index in [1.54, 1.807) is 29.0 Å². The summed E-state index contributed by atoms with van der Waals surface area (Å²) >= 11 is 0.588. The fourth-order valence-electron chi connectivity index (χ4n) is 2.42. The van der Waals surface area contributed by atoms with E-state index in [4.69, 9.17) is 0 Å². The van der Waals surface area contributed by atoms with Gasteiger partial charge < -0.3 is 10.2 Å². The maximum absolute atomic E-state index is 12.5. The Bertz CT molecular complexity index is 711. The molecule has 1 fully saturated rings. The molecule has 1 aliphatic heterocycles. The second kappa shape index (κ2) is 5.93. The molecule has 3 heterocycles. The number of carbonyl (C=O) groups is 1. The number of hydrogen-bond acceptors (Lipinski definition) is 5. The van der Waals surface area contributed by atoms with Crippen molar-refractivity contribution in [3.63, 3.8) is 0 Å². The van der Waals surface area contributed by atoms with Gasteiger partial charge in [0, 0.05) is 37.4 Å². The van der Waals surface area contributed by atoms with Gasteiger partial charge in [0.05, 0.1) is 17.9 Å². The number of rotatable bonds is 4. The summed E-state index contributed by atoms with van der Waals surface area (Å²) in [6.07, 6.45) is 0.721. The second-order valence-corrected chi connectivity index (χ2v) is 6.33. The van der Waals surface area contributed by atoms with Crippen molar-refractivity contribution in [2.45, 2.75) is 25.2 Å². The first-order chi connectivity index (χ1) is 10.8. The molecule has 23 heavy (non-hydrogen) atoms. The molecule has 3 rings (SSSR count). The van der Waals surface area contributed by atoms with Gasteiger partial charge in [-0.05, 0) is 6.42 Å². The number of nitrogens with zero attached hydrogens (tertiary/aromatic N) is 4. The zero-order chi connectivity index (χ0) is 16.6. The third kappa shape index (κ3) is 3.37. The van der Waals surface area contributed by atoms with Crippen molar-refractivity contribution >= 4 is 22.9 Å². The number of halogens is 3. The molecule has 1 aliphatic rings. The van der Waals surface area contributed by atoms with Crippen LogP contribution in [0.15, 0.2) is 18.6 Å². The highest BCUT2D eigenvalue weighted by atomic mass is 32.1. The number of anilines is 1. The van der Waals surface area contributed by atoms with Crippen LogP contribution in [0.2, 0.25) is 0 Å². The van der Waals surface area contributed by atoms with E-state index in [1.165, 1.54) is 6.20 Å². The SMILES string of the molecule is Cn1cc(N2CCC(NCc3cnc(C(F)(F)F)s3)C2=O)cn1. The van der Waals surface area contributed by atoms with Crippen molar-refractivity contribution in [2.24, 2.45) is 7.05 Å². The Kier molecular flexibility index (Phi) is 4.11. The molecule has 0 aliphatic carbocycles. The molecular formula is C13H14F3N5OS. The summed E-state index contributed by atoms with van der Waals surface area (Å²) in [6.45, 7) is 0.740. The van der Waals surface area contributed by atoms with Crippen LogP contribution in [-0.2, 0) is 24.6 Å². The highest BCUT2D eigenvalue weighted by molar-refractivity contribution is 7.11. The zero-order valence-corrected chi connectivity index (χ0v) is 13.0. The van der Waals surface area contributed by atoms with E-state index in [-0.39, 0.29) is 12.5 Å². The average Bonchev–Trinajstić information content (AvgIpc) is 3.16. The molecule has 124 valence electrons. The summed E-state index contributed by atoms with van der Waals surface area (Å²) in [7, 11) is 1.77. The van der Waals surface area contributed by atoms with E-state index in [9.17, 15) is 18.0 Å². The van der Waals surface area contributed by atoms with Crippen LogP contribution in [0.1, 0.15) is 16.3 Å². The minimum Gasteiger partial charge on any atom is -0.308 e. The topological polar surface area (TPSA) is 63.1 Å². The maximum atomic E-state index is 12.5. The van der Waals surface area contributed by atoms with E-state index in [0.29, 0.717) is 29.2 Å². The lowest BCUT2D eigenvalue weighted by molar-refractivity contribution is -0.137. The lowest BCUT2D eigenvalue weighted by Gasteiger charge is -2.14. The van der Waals surface area contributed by atoms with Gasteiger partial charge in [0.25, 0.3) is 0 Å². The second-order valence-electron chi connectivity index (χ2n) is 5.21. The van der Waals surface area contributed by atoms with Gasteiger partial charge in [-0.3, -0.25) is 9.48 Å². The fraction of sp³-hybridized carbons (Fsp3) is 0.462. The van der Waals surface area contributed by atoms with Crippen molar-refractivity contribution < 1.29 is 18.0 Å². The highest BCUT2D eigenvalue weighted by Crippen LogP contribution is 2.32. The maximum Gasteiger partial charge on any atom is 0.443 e. The number of alkyl halides is 3. The molecule has 1 amide bonds. The molecule has 0 saturated carbocycles. The predicted octanol–water partition coefficient (Wildman–Crippen LogP) is 1.79. The van der Waals surface area contributed by atoms with Gasteiger partial charge in [0.15, 0.2) is 5.01 Å². The van der Waals surface area contributed by atoms with Gasteiger partial charge in [-0.1, -0.05) is 0 Å². The summed E-state index contributed by atoms with van der Waals surface area (Å²) < 4.78 is 39.1. The monoisotopic (exact) mass is 345 g/mol. The van der Waals surface area contributed by atoms with Gasteiger partial charge in [-0.15, -0.1) is 11.3 Å². The third-order valence-electron chi connectivity index (χ3n) is 3.53. The number of thiazole rings is 1. The standard InChI is InChI=1S/C13H14F3N5OS/c1-20-7-8(4-19-20)21-3-2-10(11(21)22)17-5-9-6-18-12(23-9)13(14,15)16/h4,6-7,10,17H,2-3,5H2,1H3. The van der Waals surface area contributed by atoms with E-state index < -0.39 is 17.2 Å². The summed E-state index contributed by atoms with van der Waals surface area (Å²) in [5.41, 5.74) is 0.721. The van der Waals surface area contributed by atoms with Crippen molar-refractivity contribution in [3.05, 3.63) is 28.5 Å². The van der Waals surface area contributed by atoms with Crippen LogP contribution in [0.25, 0.3) is 0 Å². The van der Waals surface area contributed by atoms with Crippen LogP contribution in [0.3, 0.4) is 0 Å². The highest BCUT2D eigenvalue weighted by Gasteiger charge is 2.35. The van der Waals surface area contributed by atoms with Gasteiger partial charge >= 0.3 is 6.18 Å². The first-order valence-corrected chi connectivity index (χ1v) is 7.71. The van der Waals surface area contributed by atoms with Crippen LogP contribution in [0.4, 0.5) is 18.9 Å². The van der Waals surface area contributed by atoms with Crippen LogP contribution >= 0.6 is 11.3 Å². The van der Waals surface area contributed by atoms with Gasteiger partial charge in [-0.2, -0.15) is 18.3 Å². The van der Waals surface area contributed by atoms with Crippen molar-refractivity contribution in [3.8, 4) is 0 Å². The Morgan fingerprint density at radius 3 is 2.83 bits per heavy atom. The molecule has 2 aromatic rings. The molecule has 1 saturated heterocycles. The molecule has 1 unspecified atom stereocenters. The number of amides is 1. The van der Waals surface area contributed by atoms with Gasteiger partial charge in [0.1, 0.15) is 0 Å². The predicted molar refractivity (Wildman–Crippen MR) is 77.9 cm³/mol. The first-order valence-electron chi connectivity index (χ1n) is 6.90. The smallest absolute Gasteiger partial charge is 0.308 e. The van der Waals surface area contributed by atoms with Crippen molar-refractivity contribution in [1.82, 2.24) is 20.1 Å². The Hall–Kier alpha value is -1.94. The molecule has 6 nitrogen and oxygen atoms in total. The summed E-state index contributed by atoms with van der Waals surface area (Å²) in [5.74, 6) is -0.0986. The Labute approximate surface area is 133 Å². The first kappa shape index (κ1) is 15.9. The Morgan fingerprint density at radius 1 is 1.43 bits per heavy atom. The van der Waals surface area contributed by atoms with Crippen molar-refractivity contribution in [2.75, 3.05) is 11.4 Å². The molecule has 0 aromatic carbocycles. The summed E-state index contributed by atoms with van der Waals surface area (Å²) in [6, 6.07) is -0.411. The van der Waals surface area contributed by atoms with E-state index in [1.807, 2.05) is 0 Å². The molecule has 10 heteroatoms. The lowest BCUT2D eigenvalue weighted by Crippen LogP contribution is -2.37. The summed E-state index contributed by atoms with van der Waals surface area (Å²) in [5, 5.41) is 6.16. The van der Waals surface area contributed by atoms with E-state index >= 15 is 0 Å². The van der Waals surface area contributed by atoms with Crippen LogP contribution in [0.5, 0.6) is 0 Å². The minimum atomic E-state index is -4.43. The van der Waals surface area contributed by atoms with Crippen LogP contribution in [-0.4, -0.2) is 33.3 Å². The minimum absolute atomic E-state index is 0.0986. The number of hydrogen-bond donors (Lipinski definition) is 1. The Balaban J connectivity index is 1.59. The normalized spacial score (nSPS) is 18.9. The van der Waals surface area contributed by atoms with Gasteiger partial charge in [-0.25, -0.2) is 4.98 Å². The van der Waals surface area contributed by atoms with E-state index in [0.717, 1.165) is 5.69 Å². The largest absolute Gasteiger partial charge is 0.443 e. The quantitative estimate of drug-likeness (QED) is 0.918. The van der Waals surface area contributed by atoms with E-state index in [2.05, 4.69) is 15.4 Å². The summed E-state index contributed by atoms with van der Waals surface area (Å²) in [4.78, 5) is 17.8. The van der Waals surface area contributed by atoms with Crippen LogP contribution < -0.4 is 10.2 Å². The zero-order valence-electron chi connectivity index (χ0n) is 12.2. The van der Waals surface area contributed by atoms with Gasteiger partial charge in [0.2, 0.25) is 5.91 Å².